The summed E-state index contributed by atoms with van der Waals surface area (Å²) in [5.74, 6) is -4.07. The molecule has 8 aromatic carbocycles. The van der Waals surface area contributed by atoms with Gasteiger partial charge in [-0.25, -0.2) is 9.59 Å². The van der Waals surface area contributed by atoms with Crippen molar-refractivity contribution in [1.29, 1.82) is 0 Å². The fourth-order valence-electron chi connectivity index (χ4n) is 11.7. The van der Waals surface area contributed by atoms with E-state index in [1.165, 1.54) is 102 Å². The van der Waals surface area contributed by atoms with Crippen molar-refractivity contribution in [3.63, 3.8) is 0 Å². The van der Waals surface area contributed by atoms with Gasteiger partial charge in [0.1, 0.15) is 14.1 Å². The van der Waals surface area contributed by atoms with Gasteiger partial charge in [-0.3, -0.25) is 0 Å². The Morgan fingerprint density at radius 2 is 0.843 bits per heavy atom. The number of carbonyl (C=O) groups is 2. The van der Waals surface area contributed by atoms with Gasteiger partial charge >= 0.3 is 11.9 Å². The summed E-state index contributed by atoms with van der Waals surface area (Å²) in [5, 5.41) is 49.3. The third kappa shape index (κ3) is 13.3. The van der Waals surface area contributed by atoms with E-state index in [1.54, 1.807) is 48.5 Å². The smallest absolute Gasteiger partial charge is 0.335 e. The maximum atomic E-state index is 12.9. The van der Waals surface area contributed by atoms with E-state index in [-0.39, 0.29) is 28.7 Å². The number of para-hydroxylation sites is 2. The van der Waals surface area contributed by atoms with Crippen LogP contribution in [0.4, 0.5) is 22.7 Å². The Labute approximate surface area is 521 Å². The van der Waals surface area contributed by atoms with Gasteiger partial charge in [0.05, 0.1) is 11.1 Å². The van der Waals surface area contributed by atoms with Crippen molar-refractivity contribution in [2.24, 2.45) is 14.1 Å². The van der Waals surface area contributed by atoms with Crippen LogP contribution in [0.1, 0.15) is 70.9 Å². The number of aryl methyl sites for hydroxylation is 2. The van der Waals surface area contributed by atoms with E-state index in [4.69, 9.17) is 0 Å². The molecular formula is C77H74N6O6. The minimum Gasteiger partial charge on any atom is -0.872 e. The number of benzene rings is 8. The first-order chi connectivity index (χ1) is 42.8. The molecule has 0 fully saturated rings. The SMILES string of the molecule is CC1=CC(C=Cc2ccc3cc(N(C)C)ccc3[n+]2C)=C(C)N(c2ccccc2)C1.CC1=CC(C=Cc2ccc3cc(N(C)C)ccc3[n+]2C)=C(C)N(c2ccccc2)C1.O=C(O)c1cc2ccccc2c(Cc2c([O-])c(C(=O)O)cc3ccccc23)c1[O-]. The molecule has 2 aliphatic heterocycles. The summed E-state index contributed by atoms with van der Waals surface area (Å²) < 4.78 is 4.52. The lowest BCUT2D eigenvalue weighted by atomic mass is 9.90. The van der Waals surface area contributed by atoms with Gasteiger partial charge < -0.3 is 40.0 Å². The number of carboxylic acids is 2. The summed E-state index contributed by atoms with van der Waals surface area (Å²) in [6.07, 6.45) is 13.4. The molecule has 0 spiro atoms. The summed E-state index contributed by atoms with van der Waals surface area (Å²) in [5.41, 5.74) is 17.1. The molecule has 0 saturated carbocycles. The molecule has 448 valence electrons. The number of fused-ring (bicyclic) bond motifs is 4. The van der Waals surface area contributed by atoms with Crippen LogP contribution in [0.3, 0.4) is 0 Å². The normalized spacial score (nSPS) is 13.4. The second-order valence-electron chi connectivity index (χ2n) is 23.2. The van der Waals surface area contributed by atoms with Crippen molar-refractivity contribution < 1.29 is 39.1 Å². The summed E-state index contributed by atoms with van der Waals surface area (Å²) in [4.78, 5) is 32.2. The third-order valence-electron chi connectivity index (χ3n) is 16.7. The third-order valence-corrected chi connectivity index (χ3v) is 16.7. The van der Waals surface area contributed by atoms with Gasteiger partial charge in [-0.1, -0.05) is 120 Å². The zero-order valence-electron chi connectivity index (χ0n) is 52.1. The van der Waals surface area contributed by atoms with Crippen LogP contribution in [0.5, 0.6) is 11.5 Å². The highest BCUT2D eigenvalue weighted by Gasteiger charge is 2.21. The first-order valence-corrected chi connectivity index (χ1v) is 29.6. The zero-order valence-corrected chi connectivity index (χ0v) is 52.1. The van der Waals surface area contributed by atoms with Crippen LogP contribution in [0.15, 0.2) is 240 Å². The summed E-state index contributed by atoms with van der Waals surface area (Å²) >= 11 is 0. The van der Waals surface area contributed by atoms with E-state index >= 15 is 0 Å². The standard InChI is InChI=1S/2C27H30N3.C23H16O6/c2*1-20-17-22(21(2)30(19-20)25-9-7-6-8-10-25)11-13-24-14-12-23-18-26(28(3)4)15-16-27(23)29(24)5;24-20-16(14-7-3-1-5-12(14)9-18(20)22(26)27)11-17-15-8-4-2-6-13(15)10-19(21(17)25)23(28)29/h2*6-18H,19H2,1-5H3;1-10,24-25H,11H2,(H,26,27)(H,28,29)/q2*+1;/p-2. The molecule has 0 bridgehead atoms. The van der Waals surface area contributed by atoms with Crippen molar-refractivity contribution in [3.05, 3.63) is 274 Å². The number of hydrogen-bond donors (Lipinski definition) is 2. The van der Waals surface area contributed by atoms with Crippen LogP contribution in [0.25, 0.3) is 55.5 Å². The molecule has 0 saturated heterocycles. The average Bonchev–Trinajstić information content (AvgIpc) is 1.85. The number of aromatic carboxylic acids is 2. The fourth-order valence-corrected chi connectivity index (χ4v) is 11.7. The molecule has 0 aliphatic carbocycles. The van der Waals surface area contributed by atoms with Crippen molar-refractivity contribution in [2.75, 3.05) is 60.9 Å². The van der Waals surface area contributed by atoms with Crippen LogP contribution in [0.2, 0.25) is 0 Å². The zero-order chi connectivity index (χ0) is 63.2. The molecule has 4 heterocycles. The molecule has 0 unspecified atom stereocenters. The second kappa shape index (κ2) is 26.5. The molecule has 0 atom stereocenters. The van der Waals surface area contributed by atoms with Crippen LogP contribution in [-0.4, -0.2) is 63.4 Å². The molecule has 2 N–H and O–H groups in total. The minimum atomic E-state index is -1.35. The van der Waals surface area contributed by atoms with Crippen molar-refractivity contribution in [2.45, 2.75) is 34.1 Å². The van der Waals surface area contributed by atoms with E-state index in [0.717, 1.165) is 13.1 Å². The van der Waals surface area contributed by atoms with Crippen LogP contribution in [0, 0.1) is 0 Å². The average molecular weight is 1180 g/mol. The van der Waals surface area contributed by atoms with Gasteiger partial charge in [0.15, 0.2) is 0 Å². The lowest BCUT2D eigenvalue weighted by molar-refractivity contribution is -0.646. The van der Waals surface area contributed by atoms with Crippen LogP contribution >= 0.6 is 0 Å². The van der Waals surface area contributed by atoms with Gasteiger partial charge in [0, 0.05) is 123 Å². The first-order valence-electron chi connectivity index (χ1n) is 29.6. The Bertz CT molecular complexity index is 4290. The number of carboxylic acid groups (broad SMARTS) is 2. The predicted octanol–water partition coefficient (Wildman–Crippen LogP) is 14.1. The molecule has 12 rings (SSSR count). The number of pyridine rings is 2. The van der Waals surface area contributed by atoms with Gasteiger partial charge in [-0.15, -0.1) is 0 Å². The van der Waals surface area contributed by atoms with Gasteiger partial charge in [-0.05, 0) is 163 Å². The molecule has 12 heteroatoms. The fraction of sp³-hybridized carbons (Fsp3) is 0.169. The molecule has 10 aromatic rings. The van der Waals surface area contributed by atoms with Gasteiger partial charge in [0.2, 0.25) is 22.4 Å². The molecule has 2 aliphatic rings. The molecule has 2 aromatic heterocycles. The number of hydrogen-bond acceptors (Lipinski definition) is 8. The Balaban J connectivity index is 0.000000147. The summed E-state index contributed by atoms with van der Waals surface area (Å²) in [7, 11) is 12.6. The van der Waals surface area contributed by atoms with Crippen LogP contribution in [-0.2, 0) is 20.5 Å². The van der Waals surface area contributed by atoms with Crippen LogP contribution < -0.4 is 38.9 Å². The number of aromatic nitrogens is 2. The van der Waals surface area contributed by atoms with Crippen molar-refractivity contribution >= 4 is 90.2 Å². The molecule has 89 heavy (non-hydrogen) atoms. The Hall–Kier alpha value is -10.7. The van der Waals surface area contributed by atoms with Gasteiger partial charge in [0.25, 0.3) is 0 Å². The van der Waals surface area contributed by atoms with E-state index in [1.807, 2.05) is 0 Å². The largest absolute Gasteiger partial charge is 0.872 e. The highest BCUT2D eigenvalue weighted by molar-refractivity contribution is 6.02. The lowest BCUT2D eigenvalue weighted by Gasteiger charge is -2.30. The molecule has 0 radical (unpaired) electrons. The Kier molecular flexibility index (Phi) is 18.3. The van der Waals surface area contributed by atoms with E-state index in [0.29, 0.717) is 21.5 Å². The number of nitrogens with zero attached hydrogens (tertiary/aromatic N) is 6. The second-order valence-corrected chi connectivity index (χ2v) is 23.2. The predicted molar refractivity (Wildman–Crippen MR) is 361 cm³/mol. The topological polar surface area (TPSA) is 141 Å². The Morgan fingerprint density at radius 1 is 0.472 bits per heavy atom. The van der Waals surface area contributed by atoms with Crippen molar-refractivity contribution in [3.8, 4) is 11.5 Å². The van der Waals surface area contributed by atoms with E-state index in [9.17, 15) is 30.0 Å². The maximum Gasteiger partial charge on any atom is 0.335 e. The summed E-state index contributed by atoms with van der Waals surface area (Å²) in [6.45, 7) is 10.7. The Morgan fingerprint density at radius 3 is 1.21 bits per heavy atom. The van der Waals surface area contributed by atoms with E-state index in [2.05, 4.69) is 256 Å². The number of allylic oxidation sites excluding steroid dienone is 8. The minimum absolute atomic E-state index is 0.158. The number of anilines is 4. The van der Waals surface area contributed by atoms with Gasteiger partial charge in [-0.2, -0.15) is 9.13 Å². The highest BCUT2D eigenvalue weighted by atomic mass is 16.4. The number of rotatable bonds is 12. The maximum absolute atomic E-state index is 12.9. The molecular weight excluding hydrogens is 1100 g/mol. The monoisotopic (exact) mass is 1180 g/mol. The summed E-state index contributed by atoms with van der Waals surface area (Å²) in [6, 6.07) is 59.5. The quantitative estimate of drug-likeness (QED) is 0.114. The highest BCUT2D eigenvalue weighted by Crippen LogP contribution is 2.38. The molecule has 0 amide bonds. The van der Waals surface area contributed by atoms with E-state index < -0.39 is 23.4 Å². The first kappa shape index (κ1) is 61.4. The lowest BCUT2D eigenvalue weighted by Crippen LogP contribution is -2.32. The molecule has 12 nitrogen and oxygen atoms in total. The van der Waals surface area contributed by atoms with Crippen molar-refractivity contribution in [1.82, 2.24) is 0 Å².